The van der Waals surface area contributed by atoms with Gasteiger partial charge in [0.2, 0.25) is 0 Å². The van der Waals surface area contributed by atoms with Crippen LogP contribution in [0, 0.1) is 6.92 Å². The number of pyridine rings is 2. The van der Waals surface area contributed by atoms with Crippen LogP contribution in [-0.2, 0) is 6.42 Å². The van der Waals surface area contributed by atoms with Crippen LogP contribution in [0.3, 0.4) is 0 Å². The number of alkyl halides is 3. The molecule has 0 bridgehead atoms. The SMILES string of the molecule is CCc1cnc2cc(NC(=O)c3ccc(/C=C/C(F)(F)F)cc3C)cnc2c1. The summed E-state index contributed by atoms with van der Waals surface area (Å²) in [5, 5.41) is 2.76. The lowest BCUT2D eigenvalue weighted by Crippen LogP contribution is -2.13. The minimum absolute atomic E-state index is 0.166. The number of aromatic nitrogens is 2. The van der Waals surface area contributed by atoms with Gasteiger partial charge in [-0.25, -0.2) is 0 Å². The van der Waals surface area contributed by atoms with Crippen LogP contribution in [0.25, 0.3) is 17.1 Å². The van der Waals surface area contributed by atoms with Gasteiger partial charge in [0, 0.05) is 17.8 Å². The molecule has 0 atom stereocenters. The number of allylic oxidation sites excluding steroid dienone is 1. The van der Waals surface area contributed by atoms with Gasteiger partial charge in [-0.2, -0.15) is 13.2 Å². The van der Waals surface area contributed by atoms with Gasteiger partial charge >= 0.3 is 6.18 Å². The summed E-state index contributed by atoms with van der Waals surface area (Å²) < 4.78 is 36.8. The second kappa shape index (κ2) is 7.80. The maximum Gasteiger partial charge on any atom is 0.409 e. The monoisotopic (exact) mass is 385 g/mol. The molecule has 7 heteroatoms. The van der Waals surface area contributed by atoms with Crippen molar-refractivity contribution >= 4 is 28.7 Å². The Bertz CT molecular complexity index is 1060. The summed E-state index contributed by atoms with van der Waals surface area (Å²) in [4.78, 5) is 21.2. The molecule has 4 nitrogen and oxygen atoms in total. The molecule has 2 heterocycles. The fraction of sp³-hybridized carbons (Fsp3) is 0.190. The van der Waals surface area contributed by atoms with Gasteiger partial charge in [0.05, 0.1) is 22.9 Å². The highest BCUT2D eigenvalue weighted by Gasteiger charge is 2.21. The first kappa shape index (κ1) is 19.5. The van der Waals surface area contributed by atoms with Gasteiger partial charge in [-0.15, -0.1) is 0 Å². The van der Waals surface area contributed by atoms with Crippen LogP contribution < -0.4 is 5.32 Å². The number of hydrogen-bond donors (Lipinski definition) is 1. The molecule has 144 valence electrons. The van der Waals surface area contributed by atoms with Crippen LogP contribution in [0.5, 0.6) is 0 Å². The van der Waals surface area contributed by atoms with E-state index < -0.39 is 6.18 Å². The number of hydrogen-bond acceptors (Lipinski definition) is 3. The summed E-state index contributed by atoms with van der Waals surface area (Å²) in [5.74, 6) is -0.366. The first-order valence-corrected chi connectivity index (χ1v) is 8.68. The molecule has 0 unspecified atom stereocenters. The number of carbonyl (C=O) groups is 1. The van der Waals surface area contributed by atoms with E-state index in [0.717, 1.165) is 23.6 Å². The normalized spacial score (nSPS) is 11.9. The number of rotatable bonds is 4. The third-order valence-electron chi connectivity index (χ3n) is 4.21. The lowest BCUT2D eigenvalue weighted by atomic mass is 10.0. The Morgan fingerprint density at radius 1 is 1.11 bits per heavy atom. The third kappa shape index (κ3) is 4.73. The largest absolute Gasteiger partial charge is 0.409 e. The van der Waals surface area contributed by atoms with E-state index in [0.29, 0.717) is 27.9 Å². The second-order valence-electron chi connectivity index (χ2n) is 6.36. The molecule has 0 saturated carbocycles. The van der Waals surface area contributed by atoms with Crippen LogP contribution in [-0.4, -0.2) is 22.1 Å². The average molecular weight is 385 g/mol. The first-order chi connectivity index (χ1) is 13.2. The van der Waals surface area contributed by atoms with Crippen molar-refractivity contribution in [3.63, 3.8) is 0 Å². The molecule has 3 aromatic rings. The van der Waals surface area contributed by atoms with Crippen molar-refractivity contribution < 1.29 is 18.0 Å². The number of anilines is 1. The fourth-order valence-electron chi connectivity index (χ4n) is 2.74. The molecule has 0 spiro atoms. The lowest BCUT2D eigenvalue weighted by Gasteiger charge is -2.09. The van der Waals surface area contributed by atoms with Gasteiger partial charge in [0.1, 0.15) is 0 Å². The molecule has 0 aliphatic rings. The molecular weight excluding hydrogens is 367 g/mol. The molecule has 3 rings (SSSR count). The Kier molecular flexibility index (Phi) is 5.44. The van der Waals surface area contributed by atoms with Crippen LogP contribution in [0.1, 0.15) is 34.0 Å². The van der Waals surface area contributed by atoms with Crippen molar-refractivity contribution in [3.8, 4) is 0 Å². The number of carbonyl (C=O) groups excluding carboxylic acids is 1. The standard InChI is InChI=1S/C21H18F3N3O/c1-3-14-9-18-19(25-11-14)10-16(12-26-18)27-20(28)17-5-4-15(8-13(17)2)6-7-21(22,23)24/h4-12H,3H2,1-2H3,(H,27,28)/b7-6+. The van der Waals surface area contributed by atoms with E-state index in [1.54, 1.807) is 25.4 Å². The van der Waals surface area contributed by atoms with Crippen molar-refractivity contribution in [2.24, 2.45) is 0 Å². The minimum Gasteiger partial charge on any atom is -0.321 e. The highest BCUT2D eigenvalue weighted by atomic mass is 19.4. The van der Waals surface area contributed by atoms with E-state index in [1.165, 1.54) is 18.2 Å². The highest BCUT2D eigenvalue weighted by molar-refractivity contribution is 6.05. The number of fused-ring (bicyclic) bond motifs is 1. The van der Waals surface area contributed by atoms with Crippen molar-refractivity contribution in [3.05, 3.63) is 71.1 Å². The minimum atomic E-state index is -4.38. The molecule has 0 aliphatic carbocycles. The van der Waals surface area contributed by atoms with Gasteiger partial charge in [-0.3, -0.25) is 14.8 Å². The summed E-state index contributed by atoms with van der Waals surface area (Å²) in [6.07, 6.45) is 0.941. The number of nitrogens with one attached hydrogen (secondary N) is 1. The predicted molar refractivity (Wildman–Crippen MR) is 103 cm³/mol. The highest BCUT2D eigenvalue weighted by Crippen LogP contribution is 2.21. The van der Waals surface area contributed by atoms with Crippen molar-refractivity contribution in [2.45, 2.75) is 26.4 Å². The molecule has 0 aliphatic heterocycles. The van der Waals surface area contributed by atoms with Gasteiger partial charge in [0.25, 0.3) is 5.91 Å². The van der Waals surface area contributed by atoms with Gasteiger partial charge < -0.3 is 5.32 Å². The molecule has 1 N–H and O–H groups in total. The number of benzene rings is 1. The van der Waals surface area contributed by atoms with Crippen molar-refractivity contribution in [2.75, 3.05) is 5.32 Å². The fourth-order valence-corrected chi connectivity index (χ4v) is 2.74. The van der Waals surface area contributed by atoms with E-state index >= 15 is 0 Å². The van der Waals surface area contributed by atoms with Crippen LogP contribution in [0.2, 0.25) is 0 Å². The van der Waals surface area contributed by atoms with E-state index in [1.807, 2.05) is 13.0 Å². The van der Waals surface area contributed by atoms with Crippen LogP contribution in [0.4, 0.5) is 18.9 Å². The summed E-state index contributed by atoms with van der Waals surface area (Å²) in [6.45, 7) is 3.70. The van der Waals surface area contributed by atoms with Crippen molar-refractivity contribution in [1.82, 2.24) is 9.97 Å². The smallest absolute Gasteiger partial charge is 0.321 e. The molecule has 28 heavy (non-hydrogen) atoms. The third-order valence-corrected chi connectivity index (χ3v) is 4.21. The second-order valence-corrected chi connectivity index (χ2v) is 6.36. The zero-order valence-electron chi connectivity index (χ0n) is 15.3. The summed E-state index contributed by atoms with van der Waals surface area (Å²) >= 11 is 0. The van der Waals surface area contributed by atoms with Gasteiger partial charge in [-0.05, 0) is 48.2 Å². The summed E-state index contributed by atoms with van der Waals surface area (Å²) in [7, 11) is 0. The molecule has 1 amide bonds. The average Bonchev–Trinajstić information content (AvgIpc) is 2.65. The number of halogens is 3. The summed E-state index contributed by atoms with van der Waals surface area (Å²) in [5.41, 5.74) is 4.30. The maximum absolute atomic E-state index is 12.5. The van der Waals surface area contributed by atoms with Crippen molar-refractivity contribution in [1.29, 1.82) is 0 Å². The van der Waals surface area contributed by atoms with E-state index in [2.05, 4.69) is 15.3 Å². The Morgan fingerprint density at radius 3 is 2.50 bits per heavy atom. The molecular formula is C21H18F3N3O. The quantitative estimate of drug-likeness (QED) is 0.661. The number of aryl methyl sites for hydroxylation is 2. The molecule has 0 radical (unpaired) electrons. The van der Waals surface area contributed by atoms with E-state index in [9.17, 15) is 18.0 Å². The zero-order valence-corrected chi connectivity index (χ0v) is 15.3. The molecule has 1 aromatic carbocycles. The Labute approximate surface area is 160 Å². The predicted octanol–water partition coefficient (Wildman–Crippen LogP) is 5.33. The first-order valence-electron chi connectivity index (χ1n) is 8.68. The summed E-state index contributed by atoms with van der Waals surface area (Å²) in [6, 6.07) is 8.18. The number of amides is 1. The Balaban J connectivity index is 1.79. The Hall–Kier alpha value is -3.22. The topological polar surface area (TPSA) is 54.9 Å². The maximum atomic E-state index is 12.5. The number of nitrogens with zero attached hydrogens (tertiary/aromatic N) is 2. The lowest BCUT2D eigenvalue weighted by molar-refractivity contribution is -0.0790. The molecule has 2 aromatic heterocycles. The van der Waals surface area contributed by atoms with E-state index in [-0.39, 0.29) is 12.0 Å². The van der Waals surface area contributed by atoms with Gasteiger partial charge in [-0.1, -0.05) is 25.1 Å². The zero-order chi connectivity index (χ0) is 20.3. The van der Waals surface area contributed by atoms with Gasteiger partial charge in [0.15, 0.2) is 0 Å². The Morgan fingerprint density at radius 2 is 1.82 bits per heavy atom. The van der Waals surface area contributed by atoms with Crippen LogP contribution >= 0.6 is 0 Å². The molecule has 0 fully saturated rings. The van der Waals surface area contributed by atoms with E-state index in [4.69, 9.17) is 0 Å². The molecule has 0 saturated heterocycles. The van der Waals surface area contributed by atoms with Crippen LogP contribution in [0.15, 0.2) is 48.8 Å².